The van der Waals surface area contributed by atoms with Crippen molar-refractivity contribution < 1.29 is 0 Å². The smallest absolute Gasteiger partial charge is 0.160 e. The number of hydrogen-bond donors (Lipinski definition) is 0. The van der Waals surface area contributed by atoms with Gasteiger partial charge in [-0.1, -0.05) is 42.4 Å². The number of hydrogen-bond acceptors (Lipinski definition) is 4. The molecule has 0 N–H and O–H groups in total. The highest BCUT2D eigenvalue weighted by molar-refractivity contribution is 8.14. The number of aryl methyl sites for hydroxylation is 1. The monoisotopic (exact) mass is 436 g/mol. The van der Waals surface area contributed by atoms with Crippen molar-refractivity contribution in [3.05, 3.63) is 82.4 Å². The predicted octanol–water partition coefficient (Wildman–Crippen LogP) is 6.12. The number of aliphatic imine (C=N–C) groups is 1. The molecule has 0 spiro atoms. The fraction of sp³-hybridized carbons (Fsp3) is 0.333. The van der Waals surface area contributed by atoms with E-state index in [1.54, 1.807) is 0 Å². The number of pyridine rings is 1. The Kier molecular flexibility index (Phi) is 5.11. The Bertz CT molecular complexity index is 1110. The highest BCUT2D eigenvalue weighted by atomic mass is 35.5. The molecule has 0 aliphatic carbocycles. The Balaban J connectivity index is 1.64. The van der Waals surface area contributed by atoms with Crippen LogP contribution in [0.25, 0.3) is 5.69 Å². The standard InChI is InChI=1S/C24H25ClN4S/c1-4-18-14-30-24-27-22(21-10-5-6-11-26-21)23(29(18)24)20-12-15(2)28(16(20)3)19-9-7-8-17(25)13-19/h5-13,18,22-23H,4,14H2,1-3H3/t18-,22+,23+/m1/s1. The third-order valence-electron chi connectivity index (χ3n) is 6.18. The second-order valence-corrected chi connectivity index (χ2v) is 9.40. The first-order chi connectivity index (χ1) is 14.6. The van der Waals surface area contributed by atoms with Crippen LogP contribution in [0.2, 0.25) is 5.02 Å². The van der Waals surface area contributed by atoms with Gasteiger partial charge in [-0.3, -0.25) is 9.98 Å². The Morgan fingerprint density at radius 1 is 1.13 bits per heavy atom. The fourth-order valence-corrected chi connectivity index (χ4v) is 6.31. The summed E-state index contributed by atoms with van der Waals surface area (Å²) in [7, 11) is 0. The van der Waals surface area contributed by atoms with Gasteiger partial charge in [0.25, 0.3) is 0 Å². The summed E-state index contributed by atoms with van der Waals surface area (Å²) in [6.45, 7) is 6.65. The third-order valence-corrected chi connectivity index (χ3v) is 7.55. The molecule has 1 saturated heterocycles. The summed E-state index contributed by atoms with van der Waals surface area (Å²) in [5.41, 5.74) is 5.90. The minimum absolute atomic E-state index is 0.0105. The largest absolute Gasteiger partial charge is 0.338 e. The van der Waals surface area contributed by atoms with Gasteiger partial charge in [0, 0.05) is 40.1 Å². The van der Waals surface area contributed by atoms with E-state index in [9.17, 15) is 0 Å². The molecule has 6 heteroatoms. The molecule has 30 heavy (non-hydrogen) atoms. The normalized spacial score (nSPS) is 23.0. The molecular formula is C24H25ClN4S. The van der Waals surface area contributed by atoms with Gasteiger partial charge in [0.15, 0.2) is 5.17 Å². The van der Waals surface area contributed by atoms with Crippen molar-refractivity contribution >= 4 is 28.5 Å². The first-order valence-corrected chi connectivity index (χ1v) is 11.8. The maximum Gasteiger partial charge on any atom is 0.160 e. The molecule has 3 aromatic rings. The zero-order valence-corrected chi connectivity index (χ0v) is 19.0. The zero-order chi connectivity index (χ0) is 20.8. The molecule has 3 atom stereocenters. The highest BCUT2D eigenvalue weighted by Gasteiger charge is 2.46. The number of benzene rings is 1. The lowest BCUT2D eigenvalue weighted by molar-refractivity contribution is 0.254. The van der Waals surface area contributed by atoms with Crippen LogP contribution in [0.4, 0.5) is 0 Å². The lowest BCUT2D eigenvalue weighted by Gasteiger charge is -2.32. The number of thioether (sulfide) groups is 1. The lowest BCUT2D eigenvalue weighted by Crippen LogP contribution is -2.35. The molecule has 0 saturated carbocycles. The second-order valence-electron chi connectivity index (χ2n) is 7.98. The molecule has 0 unspecified atom stereocenters. The summed E-state index contributed by atoms with van der Waals surface area (Å²) < 4.78 is 2.30. The SMILES string of the molecule is CC[C@@H]1CSC2=N[C@@H](c3ccccn3)[C@H](c3cc(C)n(-c4cccc(Cl)c4)c3C)N21. The molecule has 1 fully saturated rings. The summed E-state index contributed by atoms with van der Waals surface area (Å²) in [5.74, 6) is 1.10. The van der Waals surface area contributed by atoms with E-state index in [1.807, 2.05) is 42.2 Å². The van der Waals surface area contributed by atoms with E-state index in [0.717, 1.165) is 33.7 Å². The van der Waals surface area contributed by atoms with Gasteiger partial charge in [-0.05, 0) is 62.2 Å². The van der Waals surface area contributed by atoms with Crippen molar-refractivity contribution in [3.8, 4) is 5.69 Å². The van der Waals surface area contributed by atoms with Crippen molar-refractivity contribution in [3.63, 3.8) is 0 Å². The van der Waals surface area contributed by atoms with E-state index in [1.165, 1.54) is 17.0 Å². The van der Waals surface area contributed by atoms with Crippen LogP contribution in [-0.4, -0.2) is 31.4 Å². The molecule has 0 bridgehead atoms. The number of aromatic nitrogens is 2. The van der Waals surface area contributed by atoms with Crippen molar-refractivity contribution in [1.29, 1.82) is 0 Å². The van der Waals surface area contributed by atoms with Crippen LogP contribution in [0.1, 0.15) is 48.1 Å². The fourth-order valence-electron chi connectivity index (χ4n) is 4.79. The molecule has 4 nitrogen and oxygen atoms in total. The topological polar surface area (TPSA) is 33.4 Å². The van der Waals surface area contributed by atoms with Crippen LogP contribution < -0.4 is 0 Å². The molecule has 154 valence electrons. The Hall–Kier alpha value is -2.24. The number of amidine groups is 1. The quantitative estimate of drug-likeness (QED) is 0.493. The van der Waals surface area contributed by atoms with Gasteiger partial charge in [0.05, 0.1) is 11.7 Å². The van der Waals surface area contributed by atoms with E-state index in [2.05, 4.69) is 59.5 Å². The molecule has 2 aliphatic heterocycles. The van der Waals surface area contributed by atoms with E-state index in [4.69, 9.17) is 16.6 Å². The number of nitrogens with zero attached hydrogens (tertiary/aromatic N) is 4. The summed E-state index contributed by atoms with van der Waals surface area (Å²) >= 11 is 8.18. The van der Waals surface area contributed by atoms with Gasteiger partial charge in [0.2, 0.25) is 0 Å². The van der Waals surface area contributed by atoms with Gasteiger partial charge >= 0.3 is 0 Å². The van der Waals surface area contributed by atoms with Gasteiger partial charge in [-0.25, -0.2) is 0 Å². The highest BCUT2D eigenvalue weighted by Crippen LogP contribution is 2.49. The van der Waals surface area contributed by atoms with Gasteiger partial charge in [0.1, 0.15) is 6.04 Å². The predicted molar refractivity (Wildman–Crippen MR) is 126 cm³/mol. The van der Waals surface area contributed by atoms with E-state index in [-0.39, 0.29) is 12.1 Å². The maximum atomic E-state index is 6.30. The van der Waals surface area contributed by atoms with Crippen LogP contribution in [0.15, 0.2) is 59.7 Å². The van der Waals surface area contributed by atoms with Crippen molar-refractivity contribution in [2.24, 2.45) is 4.99 Å². The second kappa shape index (κ2) is 7.78. The molecule has 5 rings (SSSR count). The molecule has 0 radical (unpaired) electrons. The van der Waals surface area contributed by atoms with Crippen LogP contribution in [0.5, 0.6) is 0 Å². The van der Waals surface area contributed by atoms with Crippen molar-refractivity contribution in [2.45, 2.75) is 45.3 Å². The van der Waals surface area contributed by atoms with Crippen molar-refractivity contribution in [2.75, 3.05) is 5.75 Å². The minimum atomic E-state index is 0.0105. The molecule has 4 heterocycles. The Morgan fingerprint density at radius 2 is 2.00 bits per heavy atom. The molecule has 0 amide bonds. The van der Waals surface area contributed by atoms with Crippen LogP contribution >= 0.6 is 23.4 Å². The molecular weight excluding hydrogens is 412 g/mol. The third kappa shape index (κ3) is 3.15. The average Bonchev–Trinajstić information content (AvgIpc) is 3.40. The average molecular weight is 437 g/mol. The first-order valence-electron chi connectivity index (χ1n) is 10.4. The van der Waals surface area contributed by atoms with E-state index < -0.39 is 0 Å². The number of rotatable bonds is 4. The summed E-state index contributed by atoms with van der Waals surface area (Å²) in [4.78, 5) is 12.4. The Morgan fingerprint density at radius 3 is 2.73 bits per heavy atom. The van der Waals surface area contributed by atoms with Gasteiger partial charge in [-0.15, -0.1) is 0 Å². The summed E-state index contributed by atoms with van der Waals surface area (Å²) in [5, 5.41) is 1.91. The molecule has 1 aromatic carbocycles. The maximum absolute atomic E-state index is 6.30. The Labute approximate surface area is 187 Å². The molecule has 2 aliphatic rings. The van der Waals surface area contributed by atoms with E-state index >= 15 is 0 Å². The zero-order valence-electron chi connectivity index (χ0n) is 17.4. The lowest BCUT2D eigenvalue weighted by atomic mass is 9.95. The van der Waals surface area contributed by atoms with Gasteiger partial charge in [-0.2, -0.15) is 0 Å². The number of halogens is 1. The summed E-state index contributed by atoms with van der Waals surface area (Å²) in [6, 6.07) is 17.2. The van der Waals surface area contributed by atoms with Crippen LogP contribution in [0.3, 0.4) is 0 Å². The summed E-state index contributed by atoms with van der Waals surface area (Å²) in [6.07, 6.45) is 2.99. The van der Waals surface area contributed by atoms with Crippen molar-refractivity contribution in [1.82, 2.24) is 14.5 Å². The van der Waals surface area contributed by atoms with Gasteiger partial charge < -0.3 is 9.47 Å². The van der Waals surface area contributed by atoms with Crippen LogP contribution in [0, 0.1) is 13.8 Å². The van der Waals surface area contributed by atoms with E-state index in [0.29, 0.717) is 6.04 Å². The first kappa shape index (κ1) is 19.7. The molecule has 2 aromatic heterocycles. The van der Waals surface area contributed by atoms with Crippen LogP contribution in [-0.2, 0) is 0 Å². The number of fused-ring (bicyclic) bond motifs is 1. The minimum Gasteiger partial charge on any atom is -0.338 e.